The maximum atomic E-state index is 5.42. The van der Waals surface area contributed by atoms with E-state index < -0.39 is 0 Å². The molecule has 0 atom stereocenters. The summed E-state index contributed by atoms with van der Waals surface area (Å²) in [5.74, 6) is 0.905. The third-order valence-electron chi connectivity index (χ3n) is 3.85. The minimum atomic E-state index is 0.116. The van der Waals surface area contributed by atoms with Crippen molar-refractivity contribution in [2.45, 2.75) is 45.6 Å². The number of unbranched alkanes of at least 4 members (excludes halogenated alkanes) is 2. The lowest BCUT2D eigenvalue weighted by atomic mass is 10.0. The van der Waals surface area contributed by atoms with Gasteiger partial charge in [-0.25, -0.2) is 0 Å². The van der Waals surface area contributed by atoms with Crippen LogP contribution in [0.5, 0.6) is 0 Å². The molecule has 5 nitrogen and oxygen atoms in total. The van der Waals surface area contributed by atoms with Crippen molar-refractivity contribution in [1.82, 2.24) is 15.5 Å². The van der Waals surface area contributed by atoms with Gasteiger partial charge in [0, 0.05) is 38.8 Å². The van der Waals surface area contributed by atoms with E-state index in [2.05, 4.69) is 41.3 Å². The molecule has 1 aliphatic rings. The van der Waals surface area contributed by atoms with E-state index in [4.69, 9.17) is 4.74 Å². The Kier molecular flexibility index (Phi) is 7.92. The highest BCUT2D eigenvalue weighted by Crippen LogP contribution is 2.14. The summed E-state index contributed by atoms with van der Waals surface area (Å²) in [4.78, 5) is 6.77. The van der Waals surface area contributed by atoms with E-state index >= 15 is 0 Å². The predicted octanol–water partition coefficient (Wildman–Crippen LogP) is 1.45. The Bertz CT molecular complexity index is 286. The molecule has 0 amide bonds. The fraction of sp³-hybridized carbons (Fsp3) is 0.933. The second kappa shape index (κ2) is 9.19. The van der Waals surface area contributed by atoms with Gasteiger partial charge in [-0.2, -0.15) is 0 Å². The molecular weight excluding hydrogens is 252 g/mol. The van der Waals surface area contributed by atoms with Gasteiger partial charge in [0.1, 0.15) is 0 Å². The summed E-state index contributed by atoms with van der Waals surface area (Å²) in [6.45, 7) is 12.4. The molecule has 0 spiro atoms. The average molecular weight is 284 g/mol. The Hall–Kier alpha value is -0.810. The predicted molar refractivity (Wildman–Crippen MR) is 85.4 cm³/mol. The van der Waals surface area contributed by atoms with Gasteiger partial charge < -0.3 is 15.4 Å². The first kappa shape index (κ1) is 17.2. The quantitative estimate of drug-likeness (QED) is 0.422. The Morgan fingerprint density at radius 2 is 1.90 bits per heavy atom. The first-order valence-corrected chi connectivity index (χ1v) is 7.87. The topological polar surface area (TPSA) is 48.9 Å². The fourth-order valence-electron chi connectivity index (χ4n) is 2.38. The maximum Gasteiger partial charge on any atom is 0.191 e. The van der Waals surface area contributed by atoms with Gasteiger partial charge >= 0.3 is 0 Å². The minimum Gasteiger partial charge on any atom is -0.379 e. The molecule has 2 N–H and O–H groups in total. The summed E-state index contributed by atoms with van der Waals surface area (Å²) in [5.41, 5.74) is 0.116. The van der Waals surface area contributed by atoms with Gasteiger partial charge in [-0.1, -0.05) is 19.8 Å². The number of nitrogens with one attached hydrogen (secondary N) is 2. The molecule has 0 aromatic rings. The molecular formula is C15H32N4O. The third-order valence-corrected chi connectivity index (χ3v) is 3.85. The highest BCUT2D eigenvalue weighted by molar-refractivity contribution is 5.79. The van der Waals surface area contributed by atoms with E-state index in [1.807, 2.05) is 7.05 Å². The summed E-state index contributed by atoms with van der Waals surface area (Å²) in [6, 6.07) is 0. The summed E-state index contributed by atoms with van der Waals surface area (Å²) in [6.07, 6.45) is 3.71. The average Bonchev–Trinajstić information content (AvgIpc) is 2.47. The molecule has 5 heteroatoms. The molecule has 1 aliphatic heterocycles. The van der Waals surface area contributed by atoms with Gasteiger partial charge in [-0.3, -0.25) is 9.89 Å². The van der Waals surface area contributed by atoms with Crippen molar-refractivity contribution >= 4 is 5.96 Å². The van der Waals surface area contributed by atoms with Gasteiger partial charge in [0.05, 0.1) is 13.2 Å². The Morgan fingerprint density at radius 1 is 1.20 bits per heavy atom. The molecule has 0 radical (unpaired) electrons. The first-order valence-electron chi connectivity index (χ1n) is 7.87. The number of hydrogen-bond acceptors (Lipinski definition) is 3. The van der Waals surface area contributed by atoms with Gasteiger partial charge in [-0.15, -0.1) is 0 Å². The minimum absolute atomic E-state index is 0.116. The number of guanidine groups is 1. The van der Waals surface area contributed by atoms with Crippen LogP contribution in [0.3, 0.4) is 0 Å². The second-order valence-corrected chi connectivity index (χ2v) is 5.97. The van der Waals surface area contributed by atoms with Crippen molar-refractivity contribution in [2.75, 3.05) is 46.4 Å². The number of rotatable bonds is 7. The highest BCUT2D eigenvalue weighted by Gasteiger charge is 2.28. The number of morpholine rings is 1. The number of nitrogens with zero attached hydrogens (tertiary/aromatic N) is 2. The van der Waals surface area contributed by atoms with E-state index in [0.29, 0.717) is 0 Å². The molecule has 118 valence electrons. The highest BCUT2D eigenvalue weighted by atomic mass is 16.5. The van der Waals surface area contributed by atoms with Crippen molar-refractivity contribution < 1.29 is 4.74 Å². The standard InChI is InChI=1S/C15H32N4O/c1-5-6-7-8-17-14(16-4)18-13-15(2,3)19-9-11-20-12-10-19/h5-13H2,1-4H3,(H2,16,17,18). The zero-order chi connectivity index (χ0) is 14.8. The van der Waals surface area contributed by atoms with Gasteiger partial charge in [0.25, 0.3) is 0 Å². The normalized spacial score (nSPS) is 18.1. The lowest BCUT2D eigenvalue weighted by Crippen LogP contribution is -2.56. The van der Waals surface area contributed by atoms with Crippen LogP contribution in [0.25, 0.3) is 0 Å². The van der Waals surface area contributed by atoms with Crippen molar-refractivity contribution in [2.24, 2.45) is 4.99 Å². The summed E-state index contributed by atoms with van der Waals surface area (Å²) in [7, 11) is 1.83. The molecule has 20 heavy (non-hydrogen) atoms. The molecule has 0 unspecified atom stereocenters. The molecule has 0 aromatic carbocycles. The first-order chi connectivity index (χ1) is 9.60. The lowest BCUT2D eigenvalue weighted by molar-refractivity contribution is -0.00833. The van der Waals surface area contributed by atoms with Crippen LogP contribution in [0.4, 0.5) is 0 Å². The SMILES string of the molecule is CCCCCNC(=NC)NCC(C)(C)N1CCOCC1. The number of ether oxygens (including phenoxy) is 1. The monoisotopic (exact) mass is 284 g/mol. The fourth-order valence-corrected chi connectivity index (χ4v) is 2.38. The zero-order valence-corrected chi connectivity index (χ0v) is 13.7. The van der Waals surface area contributed by atoms with Crippen LogP contribution in [0.1, 0.15) is 40.0 Å². The van der Waals surface area contributed by atoms with E-state index in [1.165, 1.54) is 19.3 Å². The molecule has 1 fully saturated rings. The number of aliphatic imine (C=N–C) groups is 1. The zero-order valence-electron chi connectivity index (χ0n) is 13.7. The molecule has 0 aliphatic carbocycles. The van der Waals surface area contributed by atoms with Crippen molar-refractivity contribution in [3.63, 3.8) is 0 Å². The lowest BCUT2D eigenvalue weighted by Gasteiger charge is -2.41. The molecule has 0 aromatic heterocycles. The van der Waals surface area contributed by atoms with Crippen LogP contribution in [0, 0.1) is 0 Å². The van der Waals surface area contributed by atoms with Crippen LogP contribution >= 0.6 is 0 Å². The molecule has 0 bridgehead atoms. The molecule has 1 heterocycles. The molecule has 1 rings (SSSR count). The van der Waals surface area contributed by atoms with Crippen LogP contribution in [0.2, 0.25) is 0 Å². The van der Waals surface area contributed by atoms with Crippen molar-refractivity contribution in [1.29, 1.82) is 0 Å². The third kappa shape index (κ3) is 6.09. The summed E-state index contributed by atoms with van der Waals surface area (Å²) in [5, 5.41) is 6.82. The van der Waals surface area contributed by atoms with Crippen LogP contribution in [-0.2, 0) is 4.74 Å². The largest absolute Gasteiger partial charge is 0.379 e. The molecule has 1 saturated heterocycles. The van der Waals surface area contributed by atoms with E-state index in [0.717, 1.165) is 45.4 Å². The van der Waals surface area contributed by atoms with E-state index in [-0.39, 0.29) is 5.54 Å². The van der Waals surface area contributed by atoms with E-state index in [9.17, 15) is 0 Å². The van der Waals surface area contributed by atoms with Gasteiger partial charge in [-0.05, 0) is 20.3 Å². The van der Waals surface area contributed by atoms with Crippen molar-refractivity contribution in [3.05, 3.63) is 0 Å². The Morgan fingerprint density at radius 3 is 2.50 bits per heavy atom. The smallest absolute Gasteiger partial charge is 0.191 e. The summed E-state index contributed by atoms with van der Waals surface area (Å²) < 4.78 is 5.42. The van der Waals surface area contributed by atoms with Gasteiger partial charge in [0.15, 0.2) is 5.96 Å². The Labute approximate surface area is 124 Å². The van der Waals surface area contributed by atoms with Crippen LogP contribution < -0.4 is 10.6 Å². The van der Waals surface area contributed by atoms with Gasteiger partial charge in [0.2, 0.25) is 0 Å². The van der Waals surface area contributed by atoms with Crippen LogP contribution in [0.15, 0.2) is 4.99 Å². The number of hydrogen-bond donors (Lipinski definition) is 2. The summed E-state index contributed by atoms with van der Waals surface area (Å²) >= 11 is 0. The maximum absolute atomic E-state index is 5.42. The van der Waals surface area contributed by atoms with Crippen LogP contribution in [-0.4, -0.2) is 62.8 Å². The second-order valence-electron chi connectivity index (χ2n) is 5.97. The van der Waals surface area contributed by atoms with E-state index in [1.54, 1.807) is 0 Å². The molecule has 0 saturated carbocycles. The Balaban J connectivity index is 2.30. The van der Waals surface area contributed by atoms with Crippen molar-refractivity contribution in [3.8, 4) is 0 Å².